The summed E-state index contributed by atoms with van der Waals surface area (Å²) in [4.78, 5) is 0.0942. The minimum Gasteiger partial charge on any atom is -0.486 e. The van der Waals surface area contributed by atoms with Crippen LogP contribution in [0.3, 0.4) is 0 Å². The van der Waals surface area contributed by atoms with Gasteiger partial charge in [0.2, 0.25) is 10.0 Å². The number of rotatable bonds is 5. The second-order valence-electron chi connectivity index (χ2n) is 5.48. The summed E-state index contributed by atoms with van der Waals surface area (Å²) >= 11 is 9.43. The van der Waals surface area contributed by atoms with Gasteiger partial charge in [0.1, 0.15) is 18.1 Å². The molecule has 3 rings (SSSR count). The second kappa shape index (κ2) is 7.53. The van der Waals surface area contributed by atoms with Crippen molar-refractivity contribution < 1.29 is 17.9 Å². The standard InChI is InChI=1S/C17H17BrClNO4S/c1-2-20(25(21,22)17-6-4-13(18)10-14(17)19)11-12-3-5-15-16(9-12)24-8-7-23-15/h3-6,9-10H,2,7-8,11H2,1H3. The minimum atomic E-state index is -3.71. The van der Waals surface area contributed by atoms with Crippen molar-refractivity contribution in [3.8, 4) is 11.5 Å². The van der Waals surface area contributed by atoms with E-state index in [0.717, 1.165) is 10.0 Å². The Morgan fingerprint density at radius 2 is 1.84 bits per heavy atom. The van der Waals surface area contributed by atoms with Crippen LogP contribution in [-0.4, -0.2) is 32.5 Å². The third kappa shape index (κ3) is 3.95. The van der Waals surface area contributed by atoms with Gasteiger partial charge in [0.05, 0.1) is 5.02 Å². The van der Waals surface area contributed by atoms with Gasteiger partial charge < -0.3 is 9.47 Å². The van der Waals surface area contributed by atoms with Crippen molar-refractivity contribution in [3.05, 3.63) is 51.5 Å². The van der Waals surface area contributed by atoms with Crippen LogP contribution in [0.5, 0.6) is 11.5 Å². The van der Waals surface area contributed by atoms with Crippen LogP contribution in [0.4, 0.5) is 0 Å². The van der Waals surface area contributed by atoms with Crippen molar-refractivity contribution in [1.82, 2.24) is 4.31 Å². The highest BCUT2D eigenvalue weighted by Gasteiger charge is 2.26. The third-order valence-corrected chi connectivity index (χ3v) is 6.73. The number of halogens is 2. The van der Waals surface area contributed by atoms with Gasteiger partial charge >= 0.3 is 0 Å². The van der Waals surface area contributed by atoms with E-state index in [4.69, 9.17) is 21.1 Å². The molecule has 0 bridgehead atoms. The smallest absolute Gasteiger partial charge is 0.244 e. The zero-order chi connectivity index (χ0) is 18.0. The highest BCUT2D eigenvalue weighted by Crippen LogP contribution is 2.32. The van der Waals surface area contributed by atoms with E-state index in [0.29, 0.717) is 31.3 Å². The monoisotopic (exact) mass is 445 g/mol. The van der Waals surface area contributed by atoms with Gasteiger partial charge in [-0.2, -0.15) is 4.31 Å². The van der Waals surface area contributed by atoms with Gasteiger partial charge in [-0.1, -0.05) is 40.5 Å². The Bertz CT molecular complexity index is 888. The van der Waals surface area contributed by atoms with E-state index in [1.165, 1.54) is 10.4 Å². The molecule has 0 saturated carbocycles. The van der Waals surface area contributed by atoms with Crippen molar-refractivity contribution in [2.45, 2.75) is 18.4 Å². The quantitative estimate of drug-likeness (QED) is 0.694. The number of fused-ring (bicyclic) bond motifs is 1. The van der Waals surface area contributed by atoms with Gasteiger partial charge in [0.25, 0.3) is 0 Å². The molecule has 1 heterocycles. The van der Waals surface area contributed by atoms with Crippen molar-refractivity contribution in [2.75, 3.05) is 19.8 Å². The molecule has 0 atom stereocenters. The van der Waals surface area contributed by atoms with Crippen molar-refractivity contribution >= 4 is 37.6 Å². The first-order chi connectivity index (χ1) is 11.9. The molecule has 0 amide bonds. The van der Waals surface area contributed by atoms with Gasteiger partial charge in [0.15, 0.2) is 11.5 Å². The lowest BCUT2D eigenvalue weighted by Crippen LogP contribution is -2.30. The summed E-state index contributed by atoms with van der Waals surface area (Å²) < 4.78 is 39.1. The number of hydrogen-bond acceptors (Lipinski definition) is 4. The van der Waals surface area contributed by atoms with Crippen LogP contribution in [0.2, 0.25) is 5.02 Å². The van der Waals surface area contributed by atoms with Gasteiger partial charge in [-0.15, -0.1) is 0 Å². The molecule has 0 fully saturated rings. The highest BCUT2D eigenvalue weighted by atomic mass is 79.9. The highest BCUT2D eigenvalue weighted by molar-refractivity contribution is 9.10. The van der Waals surface area contributed by atoms with Crippen molar-refractivity contribution in [2.24, 2.45) is 0 Å². The number of nitrogens with zero attached hydrogens (tertiary/aromatic N) is 1. The van der Waals surface area contributed by atoms with E-state index in [-0.39, 0.29) is 16.5 Å². The summed E-state index contributed by atoms with van der Waals surface area (Å²) in [5, 5.41) is 0.190. The first kappa shape index (κ1) is 18.5. The molecule has 8 heteroatoms. The normalized spacial score (nSPS) is 13.9. The lowest BCUT2D eigenvalue weighted by Gasteiger charge is -2.23. The van der Waals surface area contributed by atoms with Crippen LogP contribution in [0.1, 0.15) is 12.5 Å². The van der Waals surface area contributed by atoms with E-state index in [2.05, 4.69) is 15.9 Å². The van der Waals surface area contributed by atoms with E-state index in [9.17, 15) is 8.42 Å². The average Bonchev–Trinajstić information content (AvgIpc) is 2.59. The van der Waals surface area contributed by atoms with Gasteiger partial charge in [0, 0.05) is 17.6 Å². The number of ether oxygens (including phenoxy) is 2. The number of hydrogen-bond donors (Lipinski definition) is 0. The molecule has 0 radical (unpaired) electrons. The van der Waals surface area contributed by atoms with Crippen LogP contribution < -0.4 is 9.47 Å². The fraction of sp³-hybridized carbons (Fsp3) is 0.294. The summed E-state index contributed by atoms with van der Waals surface area (Å²) in [6.07, 6.45) is 0. The first-order valence-electron chi connectivity index (χ1n) is 7.75. The van der Waals surface area contributed by atoms with Crippen molar-refractivity contribution in [1.29, 1.82) is 0 Å². The molecule has 25 heavy (non-hydrogen) atoms. The van der Waals surface area contributed by atoms with Crippen LogP contribution in [0.15, 0.2) is 45.8 Å². The van der Waals surface area contributed by atoms with E-state index in [1.54, 1.807) is 25.1 Å². The summed E-state index contributed by atoms with van der Waals surface area (Å²) in [6, 6.07) is 10.2. The van der Waals surface area contributed by atoms with Crippen LogP contribution in [-0.2, 0) is 16.6 Å². The zero-order valence-corrected chi connectivity index (χ0v) is 16.7. The molecule has 0 unspecified atom stereocenters. The molecule has 0 N–H and O–H groups in total. The topological polar surface area (TPSA) is 55.8 Å². The van der Waals surface area contributed by atoms with E-state index >= 15 is 0 Å². The maximum absolute atomic E-state index is 13.0. The summed E-state index contributed by atoms with van der Waals surface area (Å²) in [5.41, 5.74) is 0.822. The second-order valence-corrected chi connectivity index (χ2v) is 8.71. The third-order valence-electron chi connectivity index (χ3n) is 3.83. The van der Waals surface area contributed by atoms with Crippen LogP contribution >= 0.6 is 27.5 Å². The minimum absolute atomic E-state index is 0.0942. The van der Waals surface area contributed by atoms with Crippen molar-refractivity contribution in [3.63, 3.8) is 0 Å². The first-order valence-corrected chi connectivity index (χ1v) is 10.4. The summed E-state index contributed by atoms with van der Waals surface area (Å²) in [7, 11) is -3.71. The lowest BCUT2D eigenvalue weighted by atomic mass is 10.2. The largest absolute Gasteiger partial charge is 0.486 e. The SMILES string of the molecule is CCN(Cc1ccc2c(c1)OCCO2)S(=O)(=O)c1ccc(Br)cc1Cl. The molecule has 0 spiro atoms. The summed E-state index contributed by atoms with van der Waals surface area (Å²) in [5.74, 6) is 1.32. The maximum Gasteiger partial charge on any atom is 0.244 e. The molecule has 2 aromatic carbocycles. The Balaban J connectivity index is 1.89. The Kier molecular flexibility index (Phi) is 5.58. The predicted octanol–water partition coefficient (Wildman–Crippen LogP) is 4.08. The zero-order valence-electron chi connectivity index (χ0n) is 13.5. The van der Waals surface area contributed by atoms with Crippen LogP contribution in [0, 0.1) is 0 Å². The average molecular weight is 447 g/mol. The van der Waals surface area contributed by atoms with E-state index < -0.39 is 10.0 Å². The Morgan fingerprint density at radius 1 is 1.12 bits per heavy atom. The molecule has 1 aliphatic heterocycles. The molecule has 0 aliphatic carbocycles. The molecule has 0 saturated heterocycles. The van der Waals surface area contributed by atoms with E-state index in [1.807, 2.05) is 12.1 Å². The fourth-order valence-corrected chi connectivity index (χ4v) is 5.03. The molecule has 1 aliphatic rings. The van der Waals surface area contributed by atoms with Crippen LogP contribution in [0.25, 0.3) is 0 Å². The molecular weight excluding hydrogens is 430 g/mol. The molecule has 5 nitrogen and oxygen atoms in total. The summed E-state index contributed by atoms with van der Waals surface area (Å²) in [6.45, 7) is 3.35. The Hall–Kier alpha value is -1.28. The van der Waals surface area contributed by atoms with Gasteiger partial charge in [-0.3, -0.25) is 0 Å². The lowest BCUT2D eigenvalue weighted by molar-refractivity contribution is 0.171. The Labute approximate surface area is 160 Å². The number of benzene rings is 2. The molecule has 0 aromatic heterocycles. The molecule has 2 aromatic rings. The number of sulfonamides is 1. The van der Waals surface area contributed by atoms with Gasteiger partial charge in [-0.25, -0.2) is 8.42 Å². The van der Waals surface area contributed by atoms with Gasteiger partial charge in [-0.05, 0) is 35.9 Å². The maximum atomic E-state index is 13.0. The fourth-order valence-electron chi connectivity index (χ4n) is 2.58. The Morgan fingerprint density at radius 3 is 2.52 bits per heavy atom. The molecule has 134 valence electrons. The molecular formula is C17H17BrClNO4S. The predicted molar refractivity (Wildman–Crippen MR) is 99.9 cm³/mol.